The highest BCUT2D eigenvalue weighted by atomic mass is 14.9. The molecule has 3 aromatic rings. The second kappa shape index (κ2) is 3.81. The van der Waals surface area contributed by atoms with Crippen molar-refractivity contribution in [2.75, 3.05) is 0 Å². The van der Waals surface area contributed by atoms with Gasteiger partial charge in [-0.1, -0.05) is 24.3 Å². The Bertz CT molecular complexity index is 770. The number of rotatable bonds is 0. The van der Waals surface area contributed by atoms with Crippen molar-refractivity contribution in [2.45, 2.75) is 20.8 Å². The lowest BCUT2D eigenvalue weighted by Crippen LogP contribution is -2.31. The molecule has 0 aliphatic rings. The van der Waals surface area contributed by atoms with Crippen molar-refractivity contribution in [3.8, 4) is 0 Å². The molecule has 2 aromatic carbocycles. The van der Waals surface area contributed by atoms with E-state index in [4.69, 9.17) is 0 Å². The quantitative estimate of drug-likeness (QED) is 0.413. The summed E-state index contributed by atoms with van der Waals surface area (Å²) < 4.78 is 2.19. The first kappa shape index (κ1) is 11.2. The van der Waals surface area contributed by atoms with Crippen LogP contribution in [0.25, 0.3) is 21.5 Å². The molecule has 0 bridgehead atoms. The second-order valence-corrected chi connectivity index (χ2v) is 5.14. The maximum absolute atomic E-state index is 2.26. The molecular formula is C17H18N+. The summed E-state index contributed by atoms with van der Waals surface area (Å²) in [5, 5.41) is 5.43. The fourth-order valence-corrected chi connectivity index (χ4v) is 2.71. The van der Waals surface area contributed by atoms with Crippen LogP contribution in [0.5, 0.6) is 0 Å². The predicted molar refractivity (Wildman–Crippen MR) is 76.8 cm³/mol. The number of aryl methyl sites for hydroxylation is 4. The topological polar surface area (TPSA) is 3.88 Å². The molecule has 0 aliphatic heterocycles. The number of hydrogen-bond donors (Lipinski definition) is 0. The van der Waals surface area contributed by atoms with Crippen LogP contribution in [0.2, 0.25) is 0 Å². The van der Waals surface area contributed by atoms with Crippen molar-refractivity contribution in [1.82, 2.24) is 0 Å². The molecule has 1 heterocycles. The van der Waals surface area contributed by atoms with Gasteiger partial charge in [0.1, 0.15) is 7.05 Å². The van der Waals surface area contributed by atoms with Crippen molar-refractivity contribution in [1.29, 1.82) is 0 Å². The van der Waals surface area contributed by atoms with Gasteiger partial charge in [0.25, 0.3) is 0 Å². The first-order valence-corrected chi connectivity index (χ1v) is 6.37. The third-order valence-electron chi connectivity index (χ3n) is 4.14. The monoisotopic (exact) mass is 236 g/mol. The van der Waals surface area contributed by atoms with E-state index in [1.807, 2.05) is 0 Å². The van der Waals surface area contributed by atoms with Crippen LogP contribution in [0.15, 0.2) is 36.5 Å². The first-order chi connectivity index (χ1) is 8.59. The largest absolute Gasteiger partial charge is 0.205 e. The Hall–Kier alpha value is -1.89. The van der Waals surface area contributed by atoms with E-state index in [2.05, 4.69) is 68.9 Å². The summed E-state index contributed by atoms with van der Waals surface area (Å²) in [5.41, 5.74) is 4.07. The minimum atomic E-state index is 1.32. The molecule has 1 aromatic heterocycles. The number of benzene rings is 2. The minimum absolute atomic E-state index is 1.32. The summed E-state index contributed by atoms with van der Waals surface area (Å²) in [6.45, 7) is 6.58. The van der Waals surface area contributed by atoms with Crippen molar-refractivity contribution in [3.05, 3.63) is 53.3 Å². The summed E-state index contributed by atoms with van der Waals surface area (Å²) in [7, 11) is 2.11. The van der Waals surface area contributed by atoms with Gasteiger partial charge in [0.05, 0.1) is 5.39 Å². The smallest absolute Gasteiger partial charge is 0.186 e. The maximum atomic E-state index is 2.26. The molecule has 0 unspecified atom stereocenters. The summed E-state index contributed by atoms with van der Waals surface area (Å²) in [5.74, 6) is 0. The Labute approximate surface area is 108 Å². The predicted octanol–water partition coefficient (Wildman–Crippen LogP) is 3.74. The van der Waals surface area contributed by atoms with Crippen LogP contribution in [0.3, 0.4) is 0 Å². The highest BCUT2D eigenvalue weighted by Gasteiger charge is 2.11. The molecule has 0 radical (unpaired) electrons. The second-order valence-electron chi connectivity index (χ2n) is 5.14. The van der Waals surface area contributed by atoms with Crippen LogP contribution in [0.1, 0.15) is 16.8 Å². The van der Waals surface area contributed by atoms with Gasteiger partial charge in [0, 0.05) is 13.0 Å². The number of aromatic nitrogens is 1. The van der Waals surface area contributed by atoms with E-state index >= 15 is 0 Å². The molecule has 0 N–H and O–H groups in total. The van der Waals surface area contributed by atoms with Crippen molar-refractivity contribution < 1.29 is 4.57 Å². The highest BCUT2D eigenvalue weighted by molar-refractivity contribution is 6.09. The van der Waals surface area contributed by atoms with Gasteiger partial charge in [0.2, 0.25) is 0 Å². The van der Waals surface area contributed by atoms with Gasteiger partial charge in [-0.15, -0.1) is 0 Å². The summed E-state index contributed by atoms with van der Waals surface area (Å²) in [6, 6.07) is 11.2. The molecule has 0 atom stereocenters. The van der Waals surface area contributed by atoms with Gasteiger partial charge >= 0.3 is 0 Å². The lowest BCUT2D eigenvalue weighted by molar-refractivity contribution is -0.676. The van der Waals surface area contributed by atoms with E-state index in [0.717, 1.165) is 0 Å². The molecule has 0 fully saturated rings. The minimum Gasteiger partial charge on any atom is -0.205 e. The van der Waals surface area contributed by atoms with Gasteiger partial charge in [0.15, 0.2) is 11.9 Å². The van der Waals surface area contributed by atoms with Crippen LogP contribution >= 0.6 is 0 Å². The molecule has 0 amide bonds. The molecule has 1 heteroatoms. The van der Waals surface area contributed by atoms with Gasteiger partial charge in [-0.2, -0.15) is 0 Å². The van der Waals surface area contributed by atoms with Gasteiger partial charge in [-0.25, -0.2) is 4.57 Å². The third kappa shape index (κ3) is 1.43. The average Bonchev–Trinajstić information content (AvgIpc) is 2.37. The van der Waals surface area contributed by atoms with Crippen molar-refractivity contribution in [2.24, 2.45) is 7.05 Å². The molecule has 18 heavy (non-hydrogen) atoms. The van der Waals surface area contributed by atoms with Gasteiger partial charge < -0.3 is 0 Å². The highest BCUT2D eigenvalue weighted by Crippen LogP contribution is 2.29. The van der Waals surface area contributed by atoms with Crippen LogP contribution in [0.4, 0.5) is 0 Å². The molecule has 90 valence electrons. The molecule has 0 saturated carbocycles. The molecular weight excluding hydrogens is 218 g/mol. The molecule has 0 spiro atoms. The first-order valence-electron chi connectivity index (χ1n) is 6.37. The van der Waals surface area contributed by atoms with Crippen LogP contribution in [0, 0.1) is 20.8 Å². The van der Waals surface area contributed by atoms with E-state index in [-0.39, 0.29) is 0 Å². The summed E-state index contributed by atoms with van der Waals surface area (Å²) >= 11 is 0. The van der Waals surface area contributed by atoms with E-state index in [1.54, 1.807) is 0 Å². The standard InChI is InChI=1S/C17H18N/c1-11-5-7-16-15(12(11)2)8-6-14-9-10-18(4)13(3)17(14)16/h5-10H,1-4H3/q+1. The van der Waals surface area contributed by atoms with Crippen LogP contribution in [-0.4, -0.2) is 0 Å². The van der Waals surface area contributed by atoms with E-state index in [1.165, 1.54) is 38.4 Å². The van der Waals surface area contributed by atoms with E-state index in [0.29, 0.717) is 0 Å². The zero-order valence-corrected chi connectivity index (χ0v) is 11.4. The Morgan fingerprint density at radius 3 is 2.33 bits per heavy atom. The number of fused-ring (bicyclic) bond motifs is 3. The zero-order valence-electron chi connectivity index (χ0n) is 11.4. The summed E-state index contributed by atoms with van der Waals surface area (Å²) in [4.78, 5) is 0. The Kier molecular flexibility index (Phi) is 2.37. The summed E-state index contributed by atoms with van der Waals surface area (Å²) in [6.07, 6.45) is 2.13. The SMILES string of the molecule is Cc1ccc2c(ccc3cc[n+](C)c(C)c32)c1C. The molecule has 0 aliphatic carbocycles. The zero-order chi connectivity index (χ0) is 12.9. The average molecular weight is 236 g/mol. The Morgan fingerprint density at radius 1 is 0.833 bits per heavy atom. The van der Waals surface area contributed by atoms with Crippen molar-refractivity contribution >= 4 is 21.5 Å². The number of nitrogens with zero attached hydrogens (tertiary/aromatic N) is 1. The van der Waals surface area contributed by atoms with E-state index in [9.17, 15) is 0 Å². The normalized spacial score (nSPS) is 11.3. The molecule has 3 rings (SSSR count). The number of hydrogen-bond acceptors (Lipinski definition) is 0. The lowest BCUT2D eigenvalue weighted by Gasteiger charge is -2.09. The van der Waals surface area contributed by atoms with Gasteiger partial charge in [-0.3, -0.25) is 0 Å². The third-order valence-corrected chi connectivity index (χ3v) is 4.14. The number of pyridine rings is 1. The van der Waals surface area contributed by atoms with Crippen LogP contribution in [-0.2, 0) is 7.05 Å². The molecule has 0 saturated heterocycles. The molecule has 1 nitrogen and oxygen atoms in total. The lowest BCUT2D eigenvalue weighted by atomic mass is 9.96. The van der Waals surface area contributed by atoms with Crippen molar-refractivity contribution in [3.63, 3.8) is 0 Å². The maximum Gasteiger partial charge on any atom is 0.186 e. The van der Waals surface area contributed by atoms with Crippen LogP contribution < -0.4 is 4.57 Å². The fraction of sp³-hybridized carbons (Fsp3) is 0.235. The Morgan fingerprint density at radius 2 is 1.56 bits per heavy atom. The van der Waals surface area contributed by atoms with E-state index < -0.39 is 0 Å². The fourth-order valence-electron chi connectivity index (χ4n) is 2.71. The van der Waals surface area contributed by atoms with Gasteiger partial charge in [-0.05, 0) is 41.1 Å². The Balaban J connectivity index is 2.61.